The van der Waals surface area contributed by atoms with E-state index in [1.54, 1.807) is 6.33 Å². The second kappa shape index (κ2) is 6.11. The van der Waals surface area contributed by atoms with Crippen LogP contribution in [0.2, 0.25) is 0 Å². The standard InChI is InChI=1S/C15H21N5O/c1-3-21-15-8-14(17-10-18-15)19-6-4-12(2)13(9-19)20-7-5-16-11-20/h5,7-8,10-13H,3-4,6,9H2,1-2H3. The Morgan fingerprint density at radius 3 is 3.05 bits per heavy atom. The Bertz CT molecular complexity index is 571. The van der Waals surface area contributed by atoms with E-state index in [0.717, 1.165) is 25.3 Å². The zero-order valence-corrected chi connectivity index (χ0v) is 12.5. The molecule has 1 fully saturated rings. The van der Waals surface area contributed by atoms with Crippen molar-refractivity contribution in [3.63, 3.8) is 0 Å². The second-order valence-electron chi connectivity index (χ2n) is 5.44. The highest BCUT2D eigenvalue weighted by Crippen LogP contribution is 2.30. The average Bonchev–Trinajstić information content (AvgIpc) is 3.02. The molecule has 6 heteroatoms. The molecule has 2 aromatic heterocycles. The number of ether oxygens (including phenoxy) is 1. The first-order valence-electron chi connectivity index (χ1n) is 7.45. The third-order valence-corrected chi connectivity index (χ3v) is 4.07. The van der Waals surface area contributed by atoms with Crippen LogP contribution in [0.25, 0.3) is 0 Å². The number of hydrogen-bond donors (Lipinski definition) is 0. The fourth-order valence-electron chi connectivity index (χ4n) is 2.84. The van der Waals surface area contributed by atoms with Gasteiger partial charge in [0.1, 0.15) is 12.1 Å². The maximum atomic E-state index is 5.46. The number of hydrogen-bond acceptors (Lipinski definition) is 5. The predicted octanol–water partition coefficient (Wildman–Crippen LogP) is 2.16. The first-order chi connectivity index (χ1) is 10.3. The molecule has 3 heterocycles. The van der Waals surface area contributed by atoms with Gasteiger partial charge in [-0.25, -0.2) is 15.0 Å². The summed E-state index contributed by atoms with van der Waals surface area (Å²) >= 11 is 0. The van der Waals surface area contributed by atoms with E-state index < -0.39 is 0 Å². The fraction of sp³-hybridized carbons (Fsp3) is 0.533. The lowest BCUT2D eigenvalue weighted by Crippen LogP contribution is -2.41. The molecule has 3 rings (SSSR count). The number of piperidine rings is 1. The summed E-state index contributed by atoms with van der Waals surface area (Å²) in [6.07, 6.45) is 8.48. The molecule has 0 N–H and O–H groups in total. The highest BCUT2D eigenvalue weighted by molar-refractivity contribution is 5.41. The van der Waals surface area contributed by atoms with E-state index in [9.17, 15) is 0 Å². The van der Waals surface area contributed by atoms with Crippen LogP contribution in [-0.4, -0.2) is 39.2 Å². The first-order valence-corrected chi connectivity index (χ1v) is 7.45. The zero-order chi connectivity index (χ0) is 14.7. The Balaban J connectivity index is 1.78. The first kappa shape index (κ1) is 13.9. The van der Waals surface area contributed by atoms with Gasteiger partial charge in [-0.15, -0.1) is 0 Å². The number of nitrogens with zero attached hydrogens (tertiary/aromatic N) is 5. The van der Waals surface area contributed by atoms with Crippen molar-refractivity contribution in [2.45, 2.75) is 26.3 Å². The second-order valence-corrected chi connectivity index (χ2v) is 5.44. The normalized spacial score (nSPS) is 22.3. The molecule has 2 unspecified atom stereocenters. The lowest BCUT2D eigenvalue weighted by Gasteiger charge is -2.38. The quantitative estimate of drug-likeness (QED) is 0.862. The fourth-order valence-corrected chi connectivity index (χ4v) is 2.84. The Morgan fingerprint density at radius 2 is 2.29 bits per heavy atom. The summed E-state index contributed by atoms with van der Waals surface area (Å²) in [4.78, 5) is 15.0. The summed E-state index contributed by atoms with van der Waals surface area (Å²) in [5.41, 5.74) is 0. The molecule has 2 atom stereocenters. The minimum Gasteiger partial charge on any atom is -0.478 e. The Morgan fingerprint density at radius 1 is 1.38 bits per heavy atom. The molecule has 1 aliphatic rings. The van der Waals surface area contributed by atoms with Gasteiger partial charge in [-0.2, -0.15) is 0 Å². The topological polar surface area (TPSA) is 56.1 Å². The van der Waals surface area contributed by atoms with E-state index >= 15 is 0 Å². The largest absolute Gasteiger partial charge is 0.478 e. The molecule has 112 valence electrons. The predicted molar refractivity (Wildman–Crippen MR) is 80.5 cm³/mol. The van der Waals surface area contributed by atoms with Crippen LogP contribution in [0.3, 0.4) is 0 Å². The van der Waals surface area contributed by atoms with Gasteiger partial charge >= 0.3 is 0 Å². The highest BCUT2D eigenvalue weighted by Gasteiger charge is 2.28. The Kier molecular flexibility index (Phi) is 4.03. The van der Waals surface area contributed by atoms with E-state index in [1.807, 2.05) is 31.7 Å². The van der Waals surface area contributed by atoms with Gasteiger partial charge in [-0.1, -0.05) is 6.92 Å². The average molecular weight is 287 g/mol. The van der Waals surface area contributed by atoms with Gasteiger partial charge in [-0.3, -0.25) is 0 Å². The van der Waals surface area contributed by atoms with E-state index in [-0.39, 0.29) is 0 Å². The van der Waals surface area contributed by atoms with E-state index in [0.29, 0.717) is 24.4 Å². The van der Waals surface area contributed by atoms with Crippen molar-refractivity contribution in [1.29, 1.82) is 0 Å². The molecule has 0 aromatic carbocycles. The van der Waals surface area contributed by atoms with Gasteiger partial charge in [0.25, 0.3) is 0 Å². The van der Waals surface area contributed by atoms with Gasteiger partial charge in [0.2, 0.25) is 5.88 Å². The van der Waals surface area contributed by atoms with Crippen molar-refractivity contribution < 1.29 is 4.74 Å². The van der Waals surface area contributed by atoms with Crippen LogP contribution >= 0.6 is 0 Å². The third-order valence-electron chi connectivity index (χ3n) is 4.07. The lowest BCUT2D eigenvalue weighted by molar-refractivity contribution is 0.297. The van der Waals surface area contributed by atoms with Crippen LogP contribution in [0.4, 0.5) is 5.82 Å². The molecule has 1 aliphatic heterocycles. The maximum absolute atomic E-state index is 5.46. The zero-order valence-electron chi connectivity index (χ0n) is 12.5. The smallest absolute Gasteiger partial charge is 0.218 e. The molecule has 0 radical (unpaired) electrons. The van der Waals surface area contributed by atoms with Crippen LogP contribution in [0.5, 0.6) is 5.88 Å². The van der Waals surface area contributed by atoms with Gasteiger partial charge in [0, 0.05) is 31.5 Å². The highest BCUT2D eigenvalue weighted by atomic mass is 16.5. The number of aromatic nitrogens is 4. The minimum absolute atomic E-state index is 0.423. The SMILES string of the molecule is CCOc1cc(N2CCC(C)C(n3ccnc3)C2)ncn1. The van der Waals surface area contributed by atoms with Crippen molar-refractivity contribution in [3.05, 3.63) is 31.1 Å². The number of anilines is 1. The molecule has 0 amide bonds. The molecule has 0 saturated carbocycles. The van der Waals surface area contributed by atoms with E-state index in [2.05, 4.69) is 31.3 Å². The van der Waals surface area contributed by atoms with Crippen molar-refractivity contribution in [1.82, 2.24) is 19.5 Å². The molecule has 0 bridgehead atoms. The van der Waals surface area contributed by atoms with Crippen molar-refractivity contribution in [2.75, 3.05) is 24.6 Å². The summed E-state index contributed by atoms with van der Waals surface area (Å²) in [5, 5.41) is 0. The minimum atomic E-state index is 0.423. The summed E-state index contributed by atoms with van der Waals surface area (Å²) in [6, 6.07) is 2.34. The molecule has 0 spiro atoms. The summed E-state index contributed by atoms with van der Waals surface area (Å²) in [5.74, 6) is 2.20. The van der Waals surface area contributed by atoms with Crippen molar-refractivity contribution in [2.24, 2.45) is 5.92 Å². The summed E-state index contributed by atoms with van der Waals surface area (Å²) < 4.78 is 7.66. The van der Waals surface area contributed by atoms with Gasteiger partial charge in [-0.05, 0) is 19.3 Å². The molecule has 1 saturated heterocycles. The summed E-state index contributed by atoms with van der Waals surface area (Å²) in [7, 11) is 0. The van der Waals surface area contributed by atoms with Crippen LogP contribution in [-0.2, 0) is 0 Å². The van der Waals surface area contributed by atoms with Gasteiger partial charge in [0.05, 0.1) is 19.0 Å². The van der Waals surface area contributed by atoms with E-state index in [4.69, 9.17) is 4.74 Å². The van der Waals surface area contributed by atoms with Gasteiger partial charge in [0.15, 0.2) is 0 Å². The van der Waals surface area contributed by atoms with Crippen LogP contribution in [0.1, 0.15) is 26.3 Å². The molecule has 0 aliphatic carbocycles. The molecule has 6 nitrogen and oxygen atoms in total. The number of imidazole rings is 1. The number of rotatable bonds is 4. The van der Waals surface area contributed by atoms with E-state index in [1.165, 1.54) is 0 Å². The third kappa shape index (κ3) is 2.99. The van der Waals surface area contributed by atoms with Crippen LogP contribution in [0.15, 0.2) is 31.1 Å². The monoisotopic (exact) mass is 287 g/mol. The van der Waals surface area contributed by atoms with Gasteiger partial charge < -0.3 is 14.2 Å². The van der Waals surface area contributed by atoms with Crippen molar-refractivity contribution >= 4 is 5.82 Å². The molecule has 21 heavy (non-hydrogen) atoms. The van der Waals surface area contributed by atoms with Crippen LogP contribution < -0.4 is 9.64 Å². The Labute approximate surface area is 124 Å². The molecular weight excluding hydrogens is 266 g/mol. The lowest BCUT2D eigenvalue weighted by atomic mass is 9.93. The van der Waals surface area contributed by atoms with Crippen LogP contribution in [0, 0.1) is 5.92 Å². The Hall–Kier alpha value is -2.11. The molecule has 2 aromatic rings. The molecular formula is C15H21N5O. The van der Waals surface area contributed by atoms with Crippen molar-refractivity contribution in [3.8, 4) is 5.88 Å². The maximum Gasteiger partial charge on any atom is 0.218 e. The summed E-state index contributed by atoms with van der Waals surface area (Å²) in [6.45, 7) is 6.81.